The van der Waals surface area contributed by atoms with Gasteiger partial charge in [-0.15, -0.1) is 0 Å². The Kier molecular flexibility index (Phi) is 6.05. The van der Waals surface area contributed by atoms with Crippen molar-refractivity contribution in [2.75, 3.05) is 26.2 Å². The summed E-state index contributed by atoms with van der Waals surface area (Å²) < 4.78 is 38.1. The molecule has 6 nitrogen and oxygen atoms in total. The van der Waals surface area contributed by atoms with Crippen LogP contribution in [0.25, 0.3) is 0 Å². The lowest BCUT2D eigenvalue weighted by Gasteiger charge is -2.35. The predicted molar refractivity (Wildman–Crippen MR) is 84.9 cm³/mol. The van der Waals surface area contributed by atoms with Crippen LogP contribution in [-0.4, -0.2) is 47.3 Å². The van der Waals surface area contributed by atoms with E-state index in [4.69, 9.17) is 0 Å². The van der Waals surface area contributed by atoms with Gasteiger partial charge in [-0.3, -0.25) is 15.0 Å². The molecule has 24 heavy (non-hydrogen) atoms. The Hall–Kier alpha value is -1.39. The van der Waals surface area contributed by atoms with Crippen molar-refractivity contribution in [3.63, 3.8) is 0 Å². The van der Waals surface area contributed by atoms with E-state index in [0.29, 0.717) is 26.2 Å². The number of non-ortho nitro benzene ring substituents is 1. The molecule has 2 N–H and O–H groups in total. The fourth-order valence-electron chi connectivity index (χ4n) is 2.79. The minimum Gasteiger partial charge on any atom is -0.506 e. The van der Waals surface area contributed by atoms with Crippen LogP contribution in [0.15, 0.2) is 16.6 Å². The first-order chi connectivity index (χ1) is 11.2. The summed E-state index contributed by atoms with van der Waals surface area (Å²) in [5, 5.41) is 24.4. The van der Waals surface area contributed by atoms with Crippen LogP contribution in [0.5, 0.6) is 5.75 Å². The van der Waals surface area contributed by atoms with Crippen molar-refractivity contribution in [3.8, 4) is 5.75 Å². The highest BCUT2D eigenvalue weighted by atomic mass is 79.9. The molecule has 0 aliphatic carbocycles. The second kappa shape index (κ2) is 7.66. The fourth-order valence-corrected chi connectivity index (χ4v) is 3.26. The van der Waals surface area contributed by atoms with E-state index in [1.165, 1.54) is 0 Å². The third-order valence-electron chi connectivity index (χ3n) is 3.94. The molecule has 1 aromatic carbocycles. The number of aromatic hydroxyl groups is 1. The molecule has 1 aliphatic rings. The van der Waals surface area contributed by atoms with Gasteiger partial charge in [0.1, 0.15) is 5.75 Å². The summed E-state index contributed by atoms with van der Waals surface area (Å²) in [6, 6.07) is 1.55. The zero-order valence-electron chi connectivity index (χ0n) is 12.6. The number of rotatable bonds is 5. The Morgan fingerprint density at radius 1 is 1.38 bits per heavy atom. The molecule has 0 radical (unpaired) electrons. The van der Waals surface area contributed by atoms with Crippen molar-refractivity contribution in [2.45, 2.75) is 25.1 Å². The van der Waals surface area contributed by atoms with E-state index in [1.807, 2.05) is 4.90 Å². The quantitative estimate of drug-likeness (QED) is 0.573. The fraction of sp³-hybridized carbons (Fsp3) is 0.571. The van der Waals surface area contributed by atoms with Gasteiger partial charge in [0.25, 0.3) is 5.69 Å². The maximum atomic E-state index is 12.7. The highest BCUT2D eigenvalue weighted by Gasteiger charge is 2.33. The summed E-state index contributed by atoms with van der Waals surface area (Å²) in [4.78, 5) is 12.2. The smallest absolute Gasteiger partial charge is 0.389 e. The molecule has 0 bridgehead atoms. The molecule has 1 saturated heterocycles. The predicted octanol–water partition coefficient (Wildman–Crippen LogP) is 3.35. The van der Waals surface area contributed by atoms with Crippen LogP contribution in [0.3, 0.4) is 0 Å². The normalized spacial score (nSPS) is 17.7. The van der Waals surface area contributed by atoms with Gasteiger partial charge in [0.15, 0.2) is 0 Å². The molecule has 2 rings (SSSR count). The minimum absolute atomic E-state index is 0.0962. The molecular weight excluding hydrogens is 395 g/mol. The molecule has 0 saturated carbocycles. The molecule has 134 valence electrons. The van der Waals surface area contributed by atoms with Crippen molar-refractivity contribution in [1.29, 1.82) is 0 Å². The summed E-state index contributed by atoms with van der Waals surface area (Å²) in [5.74, 6) is -0.258. The first-order valence-electron chi connectivity index (χ1n) is 7.37. The molecule has 0 aromatic heterocycles. The zero-order valence-corrected chi connectivity index (χ0v) is 14.2. The van der Waals surface area contributed by atoms with E-state index in [-0.39, 0.29) is 27.9 Å². The van der Waals surface area contributed by atoms with Crippen LogP contribution < -0.4 is 5.32 Å². The Bertz CT molecular complexity index is 607. The van der Waals surface area contributed by atoms with Crippen molar-refractivity contribution in [3.05, 3.63) is 32.3 Å². The van der Waals surface area contributed by atoms with Gasteiger partial charge in [-0.25, -0.2) is 0 Å². The Morgan fingerprint density at radius 2 is 2.00 bits per heavy atom. The zero-order chi connectivity index (χ0) is 17.9. The van der Waals surface area contributed by atoms with Crippen molar-refractivity contribution in [2.24, 2.45) is 0 Å². The molecule has 1 aliphatic heterocycles. The molecule has 1 heterocycles. The molecule has 1 fully saturated rings. The van der Waals surface area contributed by atoms with E-state index in [0.717, 1.165) is 12.1 Å². The van der Waals surface area contributed by atoms with Crippen LogP contribution in [0.1, 0.15) is 24.4 Å². The summed E-state index contributed by atoms with van der Waals surface area (Å²) >= 11 is 3.04. The van der Waals surface area contributed by atoms with Crippen LogP contribution in [0.4, 0.5) is 18.9 Å². The third-order valence-corrected chi connectivity index (χ3v) is 4.55. The van der Waals surface area contributed by atoms with Gasteiger partial charge >= 0.3 is 6.18 Å². The van der Waals surface area contributed by atoms with Crippen LogP contribution in [0, 0.1) is 10.1 Å². The summed E-state index contributed by atoms with van der Waals surface area (Å²) in [6.45, 7) is 2.23. The highest BCUT2D eigenvalue weighted by molar-refractivity contribution is 9.10. The minimum atomic E-state index is -4.33. The van der Waals surface area contributed by atoms with Crippen LogP contribution >= 0.6 is 15.9 Å². The Morgan fingerprint density at radius 3 is 2.54 bits per heavy atom. The number of hydrogen-bond donors (Lipinski definition) is 2. The maximum Gasteiger partial charge on any atom is 0.389 e. The third kappa shape index (κ3) is 4.81. The molecule has 1 atom stereocenters. The van der Waals surface area contributed by atoms with Gasteiger partial charge in [0.2, 0.25) is 0 Å². The Labute approximate surface area is 144 Å². The van der Waals surface area contributed by atoms with Gasteiger partial charge in [-0.2, -0.15) is 13.2 Å². The topological polar surface area (TPSA) is 78.6 Å². The average molecular weight is 412 g/mol. The first kappa shape index (κ1) is 18.9. The SMILES string of the molecule is O=[N+]([O-])c1cc(Br)c(O)c([C@@H](CCC(F)(F)F)N2CCNCC2)c1. The summed E-state index contributed by atoms with van der Waals surface area (Å²) in [7, 11) is 0. The number of alkyl halides is 3. The van der Waals surface area contributed by atoms with Gasteiger partial charge in [-0.1, -0.05) is 0 Å². The number of nitro benzene ring substituents is 1. The standard InChI is InChI=1S/C14H17BrF3N3O3/c15-11-8-9(21(23)24)7-10(13(11)22)12(1-2-14(16,17)18)20-5-3-19-4-6-20/h7-8,12,19,22H,1-6H2/t12-/m1/s1. The molecule has 0 unspecified atom stereocenters. The molecule has 1 aromatic rings. The Balaban J connectivity index is 2.39. The van der Waals surface area contributed by atoms with Crippen molar-refractivity contribution in [1.82, 2.24) is 10.2 Å². The number of benzene rings is 1. The number of nitrogens with one attached hydrogen (secondary N) is 1. The maximum absolute atomic E-state index is 12.7. The molecular formula is C14H17BrF3N3O3. The second-order valence-electron chi connectivity index (χ2n) is 5.58. The van der Waals surface area contributed by atoms with Gasteiger partial charge in [-0.05, 0) is 22.4 Å². The summed E-state index contributed by atoms with van der Waals surface area (Å²) in [5.41, 5.74) is -0.135. The number of nitrogens with zero attached hydrogens (tertiary/aromatic N) is 2. The number of hydrogen-bond acceptors (Lipinski definition) is 5. The van der Waals surface area contributed by atoms with Crippen molar-refractivity contribution >= 4 is 21.6 Å². The molecule has 10 heteroatoms. The number of halogens is 4. The van der Waals surface area contributed by atoms with E-state index in [9.17, 15) is 28.4 Å². The number of phenolic OH excluding ortho intramolecular Hbond substituents is 1. The lowest BCUT2D eigenvalue weighted by atomic mass is 9.97. The van der Waals surface area contributed by atoms with E-state index in [1.54, 1.807) is 0 Å². The monoisotopic (exact) mass is 411 g/mol. The largest absolute Gasteiger partial charge is 0.506 e. The first-order valence-corrected chi connectivity index (χ1v) is 8.16. The van der Waals surface area contributed by atoms with Gasteiger partial charge in [0.05, 0.1) is 9.40 Å². The van der Waals surface area contributed by atoms with E-state index in [2.05, 4.69) is 21.2 Å². The second-order valence-corrected chi connectivity index (χ2v) is 6.43. The van der Waals surface area contributed by atoms with Crippen LogP contribution in [-0.2, 0) is 0 Å². The van der Waals surface area contributed by atoms with E-state index < -0.39 is 23.6 Å². The van der Waals surface area contributed by atoms with Crippen LogP contribution in [0.2, 0.25) is 0 Å². The molecule has 0 amide bonds. The number of piperazine rings is 1. The number of phenols is 1. The number of nitro groups is 1. The average Bonchev–Trinajstić information content (AvgIpc) is 2.51. The highest BCUT2D eigenvalue weighted by Crippen LogP contribution is 2.41. The van der Waals surface area contributed by atoms with Crippen molar-refractivity contribution < 1.29 is 23.2 Å². The van der Waals surface area contributed by atoms with Gasteiger partial charge in [0, 0.05) is 56.3 Å². The van der Waals surface area contributed by atoms with E-state index >= 15 is 0 Å². The molecule has 0 spiro atoms. The lowest BCUT2D eigenvalue weighted by Crippen LogP contribution is -2.45. The van der Waals surface area contributed by atoms with Gasteiger partial charge < -0.3 is 10.4 Å². The summed E-state index contributed by atoms with van der Waals surface area (Å²) in [6.07, 6.45) is -5.63. The lowest BCUT2D eigenvalue weighted by molar-refractivity contribution is -0.385.